The molecule has 7 heteroatoms. The van der Waals surface area contributed by atoms with Gasteiger partial charge in [-0.1, -0.05) is 79.7 Å². The monoisotopic (exact) mass is 497 g/mol. The summed E-state index contributed by atoms with van der Waals surface area (Å²) in [5.74, 6) is -0.719. The molecule has 0 fully saturated rings. The Bertz CT molecular complexity index is 668. The minimum Gasteiger partial charge on any atom is -0.463 e. The van der Waals surface area contributed by atoms with E-state index in [-0.39, 0.29) is 24.3 Å². The third kappa shape index (κ3) is 13.1. The number of likely N-dealkylation sites (N-methyl/N-ethyl adjacent to an activating group) is 2. The van der Waals surface area contributed by atoms with Gasteiger partial charge in [0.25, 0.3) is 0 Å². The second kappa shape index (κ2) is 17.5. The van der Waals surface area contributed by atoms with E-state index in [2.05, 4.69) is 26.1 Å². The van der Waals surface area contributed by atoms with Crippen LogP contribution in [0, 0.1) is 5.41 Å². The number of nitrogens with one attached hydrogen (secondary N) is 1. The van der Waals surface area contributed by atoms with Crippen molar-refractivity contribution in [3.63, 3.8) is 0 Å². The first kappa shape index (κ1) is 35.3. The van der Waals surface area contributed by atoms with Crippen LogP contribution in [0.2, 0.25) is 0 Å². The molecule has 0 heterocycles. The summed E-state index contributed by atoms with van der Waals surface area (Å²) in [6.45, 7) is 18.2. The number of rotatable bonds is 13. The van der Waals surface area contributed by atoms with Gasteiger partial charge in [0.15, 0.2) is 0 Å². The van der Waals surface area contributed by atoms with E-state index in [1.165, 1.54) is 11.3 Å². The lowest BCUT2D eigenvalue weighted by molar-refractivity contribution is -0.141. The van der Waals surface area contributed by atoms with E-state index >= 15 is 0 Å². The van der Waals surface area contributed by atoms with Crippen LogP contribution in [0.15, 0.2) is 11.6 Å². The highest BCUT2D eigenvalue weighted by Crippen LogP contribution is 2.25. The maximum Gasteiger partial charge on any atom is 0.333 e. The third-order valence-corrected chi connectivity index (χ3v) is 6.03. The Kier molecular flexibility index (Phi) is 17.7. The summed E-state index contributed by atoms with van der Waals surface area (Å²) in [4.78, 5) is 41.9. The van der Waals surface area contributed by atoms with Gasteiger partial charge in [0.1, 0.15) is 6.04 Å². The average molecular weight is 498 g/mol. The topological polar surface area (TPSA) is 79.0 Å². The van der Waals surface area contributed by atoms with Crippen molar-refractivity contribution in [3.8, 4) is 0 Å². The van der Waals surface area contributed by atoms with Gasteiger partial charge in [0, 0.05) is 19.2 Å². The largest absolute Gasteiger partial charge is 0.463 e. The molecule has 0 spiro atoms. The molecule has 206 valence electrons. The van der Waals surface area contributed by atoms with Crippen LogP contribution < -0.4 is 5.32 Å². The number of carbonyl (C=O) groups excluding carboxylic acids is 3. The van der Waals surface area contributed by atoms with Gasteiger partial charge in [-0.15, -0.1) is 0 Å². The lowest BCUT2D eigenvalue weighted by atomic mass is 9.84. The number of hydrogen-bond donors (Lipinski definition) is 1. The Balaban J connectivity index is 0. The molecule has 0 saturated heterocycles. The van der Waals surface area contributed by atoms with Crippen LogP contribution in [-0.4, -0.2) is 73.5 Å². The van der Waals surface area contributed by atoms with Gasteiger partial charge >= 0.3 is 5.97 Å². The Morgan fingerprint density at radius 3 is 1.91 bits per heavy atom. The van der Waals surface area contributed by atoms with Crippen molar-refractivity contribution < 1.29 is 19.1 Å². The molecule has 0 rings (SSSR count). The maximum absolute atomic E-state index is 13.4. The molecule has 35 heavy (non-hydrogen) atoms. The zero-order valence-corrected chi connectivity index (χ0v) is 24.8. The Morgan fingerprint density at radius 2 is 1.49 bits per heavy atom. The number of unbranched alkanes of at least 4 members (excludes halogenated alkanes) is 3. The summed E-state index contributed by atoms with van der Waals surface area (Å²) < 4.78 is 4.99. The highest BCUT2D eigenvalue weighted by atomic mass is 16.5. The van der Waals surface area contributed by atoms with Crippen molar-refractivity contribution in [3.05, 3.63) is 11.6 Å². The molecule has 0 bridgehead atoms. The van der Waals surface area contributed by atoms with E-state index in [4.69, 9.17) is 4.74 Å². The highest BCUT2D eigenvalue weighted by molar-refractivity contribution is 5.92. The molecule has 0 saturated carbocycles. The molecule has 7 nitrogen and oxygen atoms in total. The molecule has 2 unspecified atom stereocenters. The molecule has 0 aliphatic heterocycles. The summed E-state index contributed by atoms with van der Waals surface area (Å²) in [5.41, 5.74) is -0.720. The molecule has 0 aliphatic rings. The summed E-state index contributed by atoms with van der Waals surface area (Å²) in [6, 6.07) is -0.689. The SMILES string of the molecule is CCC.CCCCCCC(C)(C(=O)NC(C(=O)N(C)C/C=C(\C)C(=O)OCC)C(C)(C)C)N(C)C. The van der Waals surface area contributed by atoms with E-state index < -0.39 is 17.0 Å². The van der Waals surface area contributed by atoms with Crippen LogP contribution in [0.1, 0.15) is 101 Å². The Labute approximate surface area is 216 Å². The van der Waals surface area contributed by atoms with Gasteiger partial charge < -0.3 is 15.0 Å². The summed E-state index contributed by atoms with van der Waals surface area (Å²) in [6.07, 6.45) is 7.99. The van der Waals surface area contributed by atoms with Gasteiger partial charge in [-0.05, 0) is 46.7 Å². The fraction of sp³-hybridized carbons (Fsp3) is 0.821. The van der Waals surface area contributed by atoms with Crippen molar-refractivity contribution in [1.82, 2.24) is 15.1 Å². The predicted octanol–water partition coefficient (Wildman–Crippen LogP) is 5.19. The number of hydrogen-bond acceptors (Lipinski definition) is 5. The van der Waals surface area contributed by atoms with Crippen LogP contribution in [0.25, 0.3) is 0 Å². The Hall–Kier alpha value is -1.89. The number of nitrogens with zero attached hydrogens (tertiary/aromatic N) is 2. The number of amides is 2. The van der Waals surface area contributed by atoms with E-state index in [1.54, 1.807) is 27.0 Å². The van der Waals surface area contributed by atoms with Crippen molar-refractivity contribution in [1.29, 1.82) is 0 Å². The second-order valence-corrected chi connectivity index (χ2v) is 10.8. The molecular formula is C28H55N3O4. The fourth-order valence-corrected chi connectivity index (χ4v) is 3.28. The van der Waals surface area contributed by atoms with Gasteiger partial charge in [-0.3, -0.25) is 14.5 Å². The van der Waals surface area contributed by atoms with E-state index in [0.29, 0.717) is 12.2 Å². The van der Waals surface area contributed by atoms with Crippen LogP contribution in [0.5, 0.6) is 0 Å². The average Bonchev–Trinajstić information content (AvgIpc) is 2.77. The second-order valence-electron chi connectivity index (χ2n) is 10.8. The third-order valence-electron chi connectivity index (χ3n) is 6.03. The van der Waals surface area contributed by atoms with E-state index in [9.17, 15) is 14.4 Å². The van der Waals surface area contributed by atoms with Crippen molar-refractivity contribution in [2.24, 2.45) is 5.41 Å². The minimum absolute atomic E-state index is 0.140. The molecule has 0 aromatic heterocycles. The smallest absolute Gasteiger partial charge is 0.333 e. The van der Waals surface area contributed by atoms with Crippen molar-refractivity contribution >= 4 is 17.8 Å². The number of carbonyl (C=O) groups is 3. The van der Waals surface area contributed by atoms with Crippen LogP contribution in [0.4, 0.5) is 0 Å². The first-order valence-electron chi connectivity index (χ1n) is 13.2. The van der Waals surface area contributed by atoms with Crippen molar-refractivity contribution in [2.75, 3.05) is 34.3 Å². The van der Waals surface area contributed by atoms with Crippen molar-refractivity contribution in [2.45, 2.75) is 112 Å². The highest BCUT2D eigenvalue weighted by Gasteiger charge is 2.41. The van der Waals surface area contributed by atoms with Gasteiger partial charge in [0.05, 0.1) is 12.1 Å². The normalized spacial score (nSPS) is 14.4. The van der Waals surface area contributed by atoms with Gasteiger partial charge in [-0.2, -0.15) is 0 Å². The first-order valence-corrected chi connectivity index (χ1v) is 13.2. The zero-order chi connectivity index (χ0) is 27.8. The summed E-state index contributed by atoms with van der Waals surface area (Å²) in [5, 5.41) is 3.05. The maximum atomic E-state index is 13.4. The molecule has 0 aliphatic carbocycles. The molecule has 0 aromatic carbocycles. The zero-order valence-electron chi connectivity index (χ0n) is 24.8. The van der Waals surface area contributed by atoms with Crippen LogP contribution in [0.3, 0.4) is 0 Å². The van der Waals surface area contributed by atoms with Crippen LogP contribution in [-0.2, 0) is 19.1 Å². The van der Waals surface area contributed by atoms with Crippen LogP contribution >= 0.6 is 0 Å². The first-order chi connectivity index (χ1) is 16.1. The predicted molar refractivity (Wildman–Crippen MR) is 146 cm³/mol. The summed E-state index contributed by atoms with van der Waals surface area (Å²) >= 11 is 0. The van der Waals surface area contributed by atoms with E-state index in [1.807, 2.05) is 46.7 Å². The molecule has 1 N–H and O–H groups in total. The lowest BCUT2D eigenvalue weighted by Crippen LogP contribution is -2.61. The fourth-order valence-electron chi connectivity index (χ4n) is 3.28. The number of ether oxygens (including phenoxy) is 1. The number of esters is 1. The molecule has 0 aromatic rings. The standard InChI is InChI=1S/C25H47N3O4.C3H8/c1-11-13-14-15-17-25(7,27(8)9)23(31)26-20(24(4,5)6)21(29)28(10)18-16-19(3)22(30)32-12-2;1-3-2/h16,20H,11-15,17-18H2,1-10H3,(H,26,31);3H2,1-2H3/b19-16+;. The lowest BCUT2D eigenvalue weighted by Gasteiger charge is -2.39. The van der Waals surface area contributed by atoms with Gasteiger partial charge in [-0.25, -0.2) is 4.79 Å². The summed E-state index contributed by atoms with van der Waals surface area (Å²) in [7, 11) is 5.49. The Morgan fingerprint density at radius 1 is 0.943 bits per heavy atom. The molecular weight excluding hydrogens is 442 g/mol. The molecule has 2 amide bonds. The van der Waals surface area contributed by atoms with Gasteiger partial charge in [0.2, 0.25) is 11.8 Å². The minimum atomic E-state index is -0.698. The molecule has 2 atom stereocenters. The molecule has 0 radical (unpaired) electrons. The van der Waals surface area contributed by atoms with E-state index in [0.717, 1.165) is 32.1 Å². The quantitative estimate of drug-likeness (QED) is 0.215.